The normalized spacial score (nSPS) is 21.2. The van der Waals surface area contributed by atoms with Crippen molar-refractivity contribution in [3.05, 3.63) is 0 Å². The summed E-state index contributed by atoms with van der Waals surface area (Å²) in [6.07, 6.45) is -29.2. The van der Waals surface area contributed by atoms with Gasteiger partial charge >= 0.3 is 55.6 Å². The van der Waals surface area contributed by atoms with Crippen LogP contribution in [0.25, 0.3) is 0 Å². The van der Waals surface area contributed by atoms with Crippen LogP contribution in [0.15, 0.2) is 0 Å². The maximum Gasteiger partial charge on any atom is 0.394 e. The van der Waals surface area contributed by atoms with E-state index in [2.05, 4.69) is 187 Å². The van der Waals surface area contributed by atoms with Crippen molar-refractivity contribution in [2.75, 3.05) is 0 Å². The molecule has 0 amide bonds. The molecule has 0 spiro atoms. The van der Waals surface area contributed by atoms with Crippen molar-refractivity contribution in [1.82, 2.24) is 0 Å². The standard InChI is InChI=1S/C11H24.C10H19F3.C10H22.C9H15F3.C9H17F3.C9H20.2C8H13F3.3C8H15F3.C8H18.C7H13F3/c1-9(2,3)11(7,8)10(4,5)6;1-7(8(2,3)4)9(5,6)10(11,12)13;1-8(2)10(6,7)9(3,4)5;1-6-4-3-5-8(7(6)2)9(10,11)12;1-6(2)8(4,5)7(3)9(10,11)12;1-7(2)8(3)9(4,5)6;1-6-2-4-7(5-3-6)8(9,10)11;1-6-3-2-4-7(5-6)8(9,10)11;1-6(2,3)7(4,5)8(9,10)11;2*1-5(2)6(3)7(4)8(9,10)11;1-7(2,3)8(4,5)6;1-4-5(2)6(3)7(8,9)10/h1-8H3;7H,1-6H3;8H,1-7H3;6-8H,3-5H2,1-2H3;6-7H,1-5H3;7-8H,1-6H3;2*6-7H,2-5H2,1H3;1-5H3;2*5-7H,1-4H3;1-6H3;5-6H,4H2,1-3H3/t;7-;;6?,7-,8?;;8-;;6-,7?;;2*6-,7?;;5?,6-/m.1.1.1.1.11.1/s1. The molecule has 0 nitrogen and oxygen atoms in total. The molecule has 3 rings (SSSR count). The van der Waals surface area contributed by atoms with Crippen LogP contribution in [-0.2, 0) is 0 Å². The van der Waals surface area contributed by atoms with Crippen molar-refractivity contribution in [1.29, 1.82) is 0 Å². The van der Waals surface area contributed by atoms with Crippen molar-refractivity contribution in [3.8, 4) is 0 Å². The van der Waals surface area contributed by atoms with Gasteiger partial charge in [0, 0.05) is 0 Å². The first-order valence-corrected chi connectivity index (χ1v) is 51.7. The molecule has 860 valence electrons. The van der Waals surface area contributed by atoms with E-state index in [0.717, 1.165) is 56.3 Å². The van der Waals surface area contributed by atoms with Crippen molar-refractivity contribution < 1.29 is 119 Å². The summed E-state index contributed by atoms with van der Waals surface area (Å²) >= 11 is 0. The van der Waals surface area contributed by atoms with Gasteiger partial charge in [0.15, 0.2) is 0 Å². The third-order valence-corrected chi connectivity index (χ3v) is 35.3. The van der Waals surface area contributed by atoms with Crippen LogP contribution in [0.4, 0.5) is 119 Å². The number of hydrogen-bond donors (Lipinski definition) is 0. The molecule has 27 heteroatoms. The Bertz CT molecular complexity index is 2950. The van der Waals surface area contributed by atoms with E-state index in [-0.39, 0.29) is 58.7 Å². The Labute approximate surface area is 843 Å². The summed E-state index contributed by atoms with van der Waals surface area (Å²) < 4.78 is 329. The van der Waals surface area contributed by atoms with Crippen LogP contribution < -0.4 is 0 Å². The van der Waals surface area contributed by atoms with Gasteiger partial charge in [-0.2, -0.15) is 119 Å². The van der Waals surface area contributed by atoms with E-state index >= 15 is 0 Å². The van der Waals surface area contributed by atoms with E-state index in [4.69, 9.17) is 0 Å². The Balaban J connectivity index is -0.000000164. The molecule has 3 aliphatic rings. The third kappa shape index (κ3) is 62.7. The molecule has 3 aliphatic carbocycles. The van der Waals surface area contributed by atoms with Crippen molar-refractivity contribution >= 4 is 0 Å². The van der Waals surface area contributed by atoms with Gasteiger partial charge in [-0.3, -0.25) is 0 Å². The second-order valence-corrected chi connectivity index (χ2v) is 54.6. The number of halogens is 27. The van der Waals surface area contributed by atoms with E-state index in [0.29, 0.717) is 87.8 Å². The van der Waals surface area contributed by atoms with Crippen LogP contribution in [0.2, 0.25) is 0 Å². The van der Waals surface area contributed by atoms with Crippen LogP contribution >= 0.6 is 0 Å². The number of rotatable bonds is 11. The van der Waals surface area contributed by atoms with Gasteiger partial charge in [0.2, 0.25) is 0 Å². The summed E-state index contributed by atoms with van der Waals surface area (Å²) in [6, 6.07) is 0. The van der Waals surface area contributed by atoms with Gasteiger partial charge in [-0.25, -0.2) is 0 Å². The third-order valence-electron chi connectivity index (χ3n) is 35.3. The van der Waals surface area contributed by atoms with E-state index in [1.807, 2.05) is 83.1 Å². The average Bonchev–Trinajstić information content (AvgIpc) is 0.793. The van der Waals surface area contributed by atoms with E-state index in [1.165, 1.54) is 55.4 Å². The molecule has 3 fully saturated rings. The smallest absolute Gasteiger partial charge is 0.171 e. The van der Waals surface area contributed by atoms with Gasteiger partial charge in [-0.1, -0.05) is 447 Å². The van der Waals surface area contributed by atoms with Crippen LogP contribution in [-0.4, -0.2) is 55.6 Å². The molecule has 0 aromatic carbocycles. The van der Waals surface area contributed by atoms with Gasteiger partial charge < -0.3 is 0 Å². The molecular weight excluding hydrogens is 1870 g/mol. The second-order valence-electron chi connectivity index (χ2n) is 54.6. The second kappa shape index (κ2) is 60.4. The fourth-order valence-electron chi connectivity index (χ4n) is 13.5. The van der Waals surface area contributed by atoms with Gasteiger partial charge in [-0.05, 0) is 175 Å². The van der Waals surface area contributed by atoms with Gasteiger partial charge in [0.05, 0.1) is 52.3 Å². The summed E-state index contributed by atoms with van der Waals surface area (Å²) in [5, 5.41) is 0. The number of hydrogen-bond acceptors (Lipinski definition) is 0. The zero-order valence-corrected chi connectivity index (χ0v) is 99.8. The first-order valence-electron chi connectivity index (χ1n) is 51.7. The highest BCUT2D eigenvalue weighted by molar-refractivity contribution is 4.94. The molecule has 14 atom stereocenters. The Kier molecular flexibility index (Phi) is 68.2. The summed E-state index contributed by atoms with van der Waals surface area (Å²) in [4.78, 5) is 0. The summed E-state index contributed by atoms with van der Waals surface area (Å²) in [5.41, 5.74) is -1.65. The first-order chi connectivity index (χ1) is 60.1. The Hall–Kier alpha value is -1.89. The Morgan fingerprint density at radius 2 is 0.557 bits per heavy atom. The lowest BCUT2D eigenvalue weighted by molar-refractivity contribution is -0.243. The van der Waals surface area contributed by atoms with Crippen molar-refractivity contribution in [2.45, 2.75) is 534 Å². The zero-order valence-electron chi connectivity index (χ0n) is 99.8. The first kappa shape index (κ1) is 158. The zero-order chi connectivity index (χ0) is 117. The SMILES string of the molecule is CC(C)(C)C(C)(C)C.CC(C)(C)C(C)(C)C(C)(C)C.CC(C)(C)C(C)(C)C(F)(F)F.CC(C)C(C)(C)C(C)(C)C.CC(C)C(C)(C)C(C)C(F)(F)F.CC(C)[C@@H](C)C(C)(C)C.CC(C)[C@@H](C)C(C)C(F)(F)F.CC(C)[C@@H](C)C(C)C(F)(F)F.CC1CCC(C(F)(F)F)CC1.CC1CCCC(C(F)(F)F)[C@@H]1C.CCC(C)[C@@H](C)C(F)(F)F.C[C@@H]1CCCC(C(F)(F)F)C1.C[C@H](C(C)(C)C)C(C)(C)C(F)(F)F. The molecule has 0 aliphatic heterocycles. The lowest BCUT2D eigenvalue weighted by Gasteiger charge is -2.49. The lowest BCUT2D eigenvalue weighted by Crippen LogP contribution is -2.43. The fraction of sp³-hybridized carbons (Fsp3) is 1.00. The molecule has 140 heavy (non-hydrogen) atoms. The van der Waals surface area contributed by atoms with E-state index in [1.54, 1.807) is 76.2 Å². The summed E-state index contributed by atoms with van der Waals surface area (Å²) in [7, 11) is 0. The fourth-order valence-corrected chi connectivity index (χ4v) is 13.5. The van der Waals surface area contributed by atoms with Crippen LogP contribution in [0.5, 0.6) is 0 Å². The number of alkyl halides is 27. The highest BCUT2D eigenvalue weighted by Gasteiger charge is 2.56. The van der Waals surface area contributed by atoms with Gasteiger partial charge in [-0.15, -0.1) is 0 Å². The highest BCUT2D eigenvalue weighted by Crippen LogP contribution is 2.55. The average molecular weight is 2090 g/mol. The molecule has 0 bridgehead atoms. The largest absolute Gasteiger partial charge is 0.394 e. The molecule has 3 saturated carbocycles. The lowest BCUT2D eigenvalue weighted by atomic mass is 9.56. The monoisotopic (exact) mass is 2090 g/mol. The molecule has 0 aromatic rings. The van der Waals surface area contributed by atoms with E-state index in [9.17, 15) is 119 Å². The predicted molar refractivity (Wildman–Crippen MR) is 544 cm³/mol. The molecule has 0 N–H and O–H groups in total. The Morgan fingerprint density at radius 1 is 0.250 bits per heavy atom. The molecular formula is C113H219F27. The minimum absolute atomic E-state index is 0.0362. The van der Waals surface area contributed by atoms with Crippen molar-refractivity contribution in [3.63, 3.8) is 0 Å². The Morgan fingerprint density at radius 3 is 0.679 bits per heavy atom. The molecule has 0 radical (unpaired) electrons. The topological polar surface area (TPSA) is 0 Å². The minimum Gasteiger partial charge on any atom is -0.171 e. The summed E-state index contributed by atoms with van der Waals surface area (Å²) in [5.74, 6) is -5.76. The van der Waals surface area contributed by atoms with Gasteiger partial charge in [0.25, 0.3) is 0 Å². The maximum absolute atomic E-state index is 12.6. The maximum atomic E-state index is 12.6. The molecule has 0 heterocycles. The van der Waals surface area contributed by atoms with Crippen LogP contribution in [0, 0.1) is 195 Å². The van der Waals surface area contributed by atoms with E-state index < -0.39 is 125 Å². The molecule has 0 aromatic heterocycles. The molecule has 0 saturated heterocycles. The molecule has 7 unspecified atom stereocenters. The highest BCUT2D eigenvalue weighted by atomic mass is 19.4. The van der Waals surface area contributed by atoms with Gasteiger partial charge in [0.1, 0.15) is 0 Å². The predicted octanol–water partition coefficient (Wildman–Crippen LogP) is 46.5. The summed E-state index contributed by atoms with van der Waals surface area (Å²) in [6.45, 7) is 113. The van der Waals surface area contributed by atoms with Crippen LogP contribution in [0.1, 0.15) is 479 Å². The quantitative estimate of drug-likeness (QED) is 0.181. The van der Waals surface area contributed by atoms with Crippen LogP contribution in [0.3, 0.4) is 0 Å². The van der Waals surface area contributed by atoms with Crippen molar-refractivity contribution in [2.24, 2.45) is 195 Å². The minimum atomic E-state index is -4.13.